The number of fused-ring (bicyclic) bond motifs is 4. The predicted molar refractivity (Wildman–Crippen MR) is 331 cm³/mol. The molecule has 0 N–H and O–H groups in total. The van der Waals surface area contributed by atoms with Gasteiger partial charge in [0.25, 0.3) is 0 Å². The van der Waals surface area contributed by atoms with Gasteiger partial charge in [0, 0.05) is 66.1 Å². The number of aromatic nitrogens is 2. The second-order valence-electron chi connectivity index (χ2n) is 24.6. The number of anilines is 4. The molecular weight excluding hydrogens is 1150 g/mol. The minimum Gasteiger partial charge on any atom is -0.493 e. The van der Waals surface area contributed by atoms with Crippen LogP contribution in [-0.2, 0) is 48.1 Å². The second-order valence-corrected chi connectivity index (χ2v) is 24.6. The number of nitrogens with zero attached hydrogens (tertiary/aromatic N) is 4. The first-order valence-electron chi connectivity index (χ1n) is 27.9. The third-order valence-electron chi connectivity index (χ3n) is 16.9. The number of hydrogen-bond acceptors (Lipinski definition) is 3. The summed E-state index contributed by atoms with van der Waals surface area (Å²) in [6, 6.07) is 90.6. The van der Waals surface area contributed by atoms with Gasteiger partial charge in [-0.15, -0.1) is 28.9 Å². The molecule has 9 aromatic carbocycles. The van der Waals surface area contributed by atoms with Gasteiger partial charge in [-0.1, -0.05) is 226 Å². The van der Waals surface area contributed by atoms with Gasteiger partial charge in [0.05, 0.1) is 0 Å². The normalized spacial score (nSPS) is 13.2. The van der Waals surface area contributed by atoms with E-state index in [0.29, 0.717) is 0 Å². The van der Waals surface area contributed by atoms with Crippen molar-refractivity contribution in [3.8, 4) is 5.82 Å². The first kappa shape index (κ1) is 54.2. The van der Waals surface area contributed by atoms with Crippen LogP contribution in [-0.4, -0.2) is 9.55 Å². The SMILES string of the molecule is CC(C)(C)c1cc(N2[CH-]N(c3[c-]c(C(c4[c-]c5c(cc4)c4cc(C(C)(C)c6ccccc6)ccc4n5-c4cc(C(C)(C)c5ccccc5)ccn4)(c4ccccc4)c4ccccc4)ccc3)c3ccccc32)cc(C(C)(C)C)c1.[Pt]. The summed E-state index contributed by atoms with van der Waals surface area (Å²) in [5.41, 5.74) is 16.7. The summed E-state index contributed by atoms with van der Waals surface area (Å²) in [5, 5.41) is 2.27. The van der Waals surface area contributed by atoms with Crippen LogP contribution in [0, 0.1) is 18.8 Å². The van der Waals surface area contributed by atoms with E-state index in [1.807, 2.05) is 6.20 Å². The number of pyridine rings is 1. The number of rotatable bonds is 11. The molecule has 0 spiro atoms. The molecule has 2 aromatic heterocycles. The van der Waals surface area contributed by atoms with Gasteiger partial charge in [0.1, 0.15) is 5.82 Å². The van der Waals surface area contributed by atoms with Crippen molar-refractivity contribution in [1.82, 2.24) is 9.55 Å². The summed E-state index contributed by atoms with van der Waals surface area (Å²) in [7, 11) is 0. The fourth-order valence-electron chi connectivity index (χ4n) is 12.0. The minimum absolute atomic E-state index is 0. The monoisotopic (exact) mass is 1220 g/mol. The van der Waals surface area contributed by atoms with Crippen LogP contribution in [0.3, 0.4) is 0 Å². The largest absolute Gasteiger partial charge is 0.493 e. The molecule has 4 nitrogen and oxygen atoms in total. The first-order chi connectivity index (χ1) is 37.9. The molecule has 0 unspecified atom stereocenters. The molecule has 402 valence electrons. The minimum atomic E-state index is -0.874. The van der Waals surface area contributed by atoms with Gasteiger partial charge in [0.15, 0.2) is 0 Å². The molecule has 0 atom stereocenters. The van der Waals surface area contributed by atoms with E-state index in [1.54, 1.807) is 0 Å². The Hall–Kier alpha value is -7.78. The van der Waals surface area contributed by atoms with E-state index in [4.69, 9.17) is 4.98 Å². The van der Waals surface area contributed by atoms with Crippen molar-refractivity contribution < 1.29 is 21.1 Å². The number of hydrogen-bond donors (Lipinski definition) is 0. The maximum absolute atomic E-state index is 5.23. The third-order valence-corrected chi connectivity index (χ3v) is 16.9. The zero-order valence-corrected chi connectivity index (χ0v) is 49.9. The molecule has 0 aliphatic carbocycles. The Labute approximate surface area is 489 Å². The van der Waals surface area contributed by atoms with Crippen molar-refractivity contribution in [3.63, 3.8) is 0 Å². The fourth-order valence-corrected chi connectivity index (χ4v) is 12.0. The molecular formula is C75H69N4Pt-3. The van der Waals surface area contributed by atoms with Gasteiger partial charge in [-0.05, 0) is 103 Å². The standard InChI is InChI=1S/C75H69N4.Pt/c1-71(2,3)60-44-61(72(4,5)6)47-63(46-60)78-51-77(67-36-23-24-37-68(67)78)62-35-25-34-58(45-62)75(54-30-19-13-20-31-54,55-32-21-14-22-33-55)59-38-40-64-65-48-56(73(7,8)52-26-15-11-16-27-52)39-41-66(65)79(69(64)49-59)70-50-57(42-43-76-70)74(9,10)53-28-17-12-18-29-53;/h11-44,46-48,50-51H,1-10H3;/q-3;. The van der Waals surface area contributed by atoms with Crippen molar-refractivity contribution in [2.24, 2.45) is 0 Å². The molecule has 1 aliphatic heterocycles. The van der Waals surface area contributed by atoms with Crippen LogP contribution in [0.1, 0.15) is 125 Å². The van der Waals surface area contributed by atoms with Gasteiger partial charge in [0.2, 0.25) is 0 Å². The molecule has 0 amide bonds. The van der Waals surface area contributed by atoms with Crippen LogP contribution in [0.5, 0.6) is 0 Å². The zero-order valence-electron chi connectivity index (χ0n) is 47.6. The van der Waals surface area contributed by atoms with Crippen molar-refractivity contribution in [2.75, 3.05) is 9.80 Å². The Morgan fingerprint density at radius 2 is 0.887 bits per heavy atom. The van der Waals surface area contributed by atoms with Crippen molar-refractivity contribution >= 4 is 44.6 Å². The van der Waals surface area contributed by atoms with Crippen LogP contribution < -0.4 is 9.80 Å². The molecule has 0 radical (unpaired) electrons. The van der Waals surface area contributed by atoms with E-state index in [1.165, 1.54) is 33.4 Å². The molecule has 3 heterocycles. The Morgan fingerprint density at radius 1 is 0.388 bits per heavy atom. The fraction of sp³-hybridized carbons (Fsp3) is 0.200. The van der Waals surface area contributed by atoms with Crippen molar-refractivity contribution in [2.45, 2.75) is 96.3 Å². The molecule has 0 saturated heterocycles. The van der Waals surface area contributed by atoms with Crippen LogP contribution in [0.2, 0.25) is 0 Å². The summed E-state index contributed by atoms with van der Waals surface area (Å²) >= 11 is 0. The van der Waals surface area contributed by atoms with Crippen LogP contribution in [0.4, 0.5) is 22.7 Å². The van der Waals surface area contributed by atoms with Crippen molar-refractivity contribution in [1.29, 1.82) is 0 Å². The third kappa shape index (κ3) is 9.40. The molecule has 1 aliphatic rings. The van der Waals surface area contributed by atoms with Gasteiger partial charge < -0.3 is 14.4 Å². The van der Waals surface area contributed by atoms with Crippen LogP contribution >= 0.6 is 0 Å². The van der Waals surface area contributed by atoms with Crippen LogP contribution in [0.15, 0.2) is 231 Å². The zero-order chi connectivity index (χ0) is 54.9. The van der Waals surface area contributed by atoms with E-state index in [2.05, 4.69) is 327 Å². The average molecular weight is 1220 g/mol. The van der Waals surface area contributed by atoms with E-state index in [9.17, 15) is 0 Å². The van der Waals surface area contributed by atoms with E-state index >= 15 is 0 Å². The Balaban J connectivity index is 0.00000675. The molecule has 0 saturated carbocycles. The molecule has 0 bridgehead atoms. The summed E-state index contributed by atoms with van der Waals surface area (Å²) in [4.78, 5) is 9.91. The molecule has 0 fully saturated rings. The van der Waals surface area contributed by atoms with Crippen LogP contribution in [0.25, 0.3) is 27.6 Å². The Kier molecular flexibility index (Phi) is 14.0. The van der Waals surface area contributed by atoms with Gasteiger partial charge in [-0.3, -0.25) is 0 Å². The average Bonchev–Trinajstić information content (AvgIpc) is 4.22. The number of para-hydroxylation sites is 2. The summed E-state index contributed by atoms with van der Waals surface area (Å²) in [6.45, 7) is 25.3. The number of benzene rings is 9. The predicted octanol–water partition coefficient (Wildman–Crippen LogP) is 18.8. The Bertz CT molecular complexity index is 3940. The van der Waals surface area contributed by atoms with Gasteiger partial charge in [-0.2, -0.15) is 42.5 Å². The summed E-state index contributed by atoms with van der Waals surface area (Å²) < 4.78 is 2.35. The molecule has 11 aromatic rings. The smallest absolute Gasteiger partial charge is 0.135 e. The second kappa shape index (κ2) is 20.7. The maximum atomic E-state index is 5.23. The molecule has 5 heteroatoms. The molecule has 80 heavy (non-hydrogen) atoms. The van der Waals surface area contributed by atoms with E-state index in [-0.39, 0.29) is 42.7 Å². The quantitative estimate of drug-likeness (QED) is 0.0953. The first-order valence-corrected chi connectivity index (χ1v) is 27.9. The maximum Gasteiger partial charge on any atom is 0.135 e. The molecule has 12 rings (SSSR count). The topological polar surface area (TPSA) is 24.3 Å². The van der Waals surface area contributed by atoms with Crippen molar-refractivity contribution in [3.05, 3.63) is 305 Å². The van der Waals surface area contributed by atoms with E-state index in [0.717, 1.165) is 72.6 Å². The summed E-state index contributed by atoms with van der Waals surface area (Å²) in [6.07, 6.45) is 1.97. The van der Waals surface area contributed by atoms with Gasteiger partial charge in [-0.25, -0.2) is 4.98 Å². The Morgan fingerprint density at radius 3 is 1.44 bits per heavy atom. The summed E-state index contributed by atoms with van der Waals surface area (Å²) in [5.74, 6) is 0.846. The van der Waals surface area contributed by atoms with Gasteiger partial charge >= 0.3 is 0 Å². The van der Waals surface area contributed by atoms with E-state index < -0.39 is 5.41 Å².